The number of nitrogens with two attached hydrogens (primary N) is 2. The Morgan fingerprint density at radius 2 is 1.13 bits per heavy atom. The molecule has 0 saturated carbocycles. The van der Waals surface area contributed by atoms with E-state index in [1.165, 1.54) is 24.3 Å². The van der Waals surface area contributed by atoms with Crippen LogP contribution in [-0.2, 0) is 15.3 Å². The maximum atomic E-state index is 10.6. The van der Waals surface area contributed by atoms with Crippen molar-refractivity contribution < 1.29 is 28.7 Å². The third-order valence-corrected chi connectivity index (χ3v) is 4.35. The van der Waals surface area contributed by atoms with E-state index in [-0.39, 0.29) is 11.5 Å². The van der Waals surface area contributed by atoms with Crippen LogP contribution >= 0.6 is 15.2 Å². The first-order chi connectivity index (χ1) is 10.5. The molecule has 8 N–H and O–H groups in total. The van der Waals surface area contributed by atoms with Crippen molar-refractivity contribution in [3.8, 4) is 0 Å². The van der Waals surface area contributed by atoms with E-state index in [2.05, 4.69) is 0 Å². The van der Waals surface area contributed by atoms with Gasteiger partial charge in [0.1, 0.15) is 0 Å². The lowest BCUT2D eigenvalue weighted by molar-refractivity contribution is 0.371. The standard InChI is InChI=1S/C7H10NO3P.C6H8NO3P/c8-7-3-1-6(2-4-7)5-12(9,10)11;7-5-1-3-6(4-2-5)11(8,9)10/h1-4H,5,8H2,(H2,9,10,11);1-4H,7H2,(H2,8,9,10). The molecular formula is C13H18N2O6P2. The summed E-state index contributed by atoms with van der Waals surface area (Å²) in [6, 6.07) is 12.0. The normalized spacial score (nSPS) is 11.5. The van der Waals surface area contributed by atoms with Gasteiger partial charge in [0.2, 0.25) is 0 Å². The second kappa shape index (κ2) is 7.75. The smallest absolute Gasteiger partial charge is 0.356 e. The van der Waals surface area contributed by atoms with Crippen molar-refractivity contribution in [3.63, 3.8) is 0 Å². The molecule has 0 atom stereocenters. The van der Waals surface area contributed by atoms with E-state index in [0.717, 1.165) is 0 Å². The van der Waals surface area contributed by atoms with Gasteiger partial charge >= 0.3 is 15.2 Å². The highest BCUT2D eigenvalue weighted by Crippen LogP contribution is 2.38. The minimum Gasteiger partial charge on any atom is -0.399 e. The molecule has 2 aromatic rings. The molecule has 0 aliphatic heterocycles. The molecule has 126 valence electrons. The summed E-state index contributed by atoms with van der Waals surface area (Å²) in [7, 11) is -8.04. The number of hydrogen-bond acceptors (Lipinski definition) is 4. The highest BCUT2D eigenvalue weighted by molar-refractivity contribution is 7.60. The zero-order valence-corrected chi connectivity index (χ0v) is 13.8. The molecule has 0 fully saturated rings. The molecule has 0 heterocycles. The van der Waals surface area contributed by atoms with Crippen molar-refractivity contribution in [3.05, 3.63) is 54.1 Å². The van der Waals surface area contributed by atoms with Crippen LogP contribution in [0, 0.1) is 0 Å². The van der Waals surface area contributed by atoms with Crippen LogP contribution in [0.3, 0.4) is 0 Å². The minimum atomic E-state index is -4.09. The fourth-order valence-electron chi connectivity index (χ4n) is 1.53. The van der Waals surface area contributed by atoms with Gasteiger partial charge in [-0.15, -0.1) is 0 Å². The lowest BCUT2D eigenvalue weighted by Gasteiger charge is -2.03. The molecule has 0 aliphatic rings. The van der Waals surface area contributed by atoms with Gasteiger partial charge in [0.15, 0.2) is 0 Å². The second-order valence-electron chi connectivity index (χ2n) is 4.70. The summed E-state index contributed by atoms with van der Waals surface area (Å²) >= 11 is 0. The van der Waals surface area contributed by atoms with E-state index < -0.39 is 15.2 Å². The molecule has 0 aliphatic carbocycles. The van der Waals surface area contributed by atoms with Crippen LogP contribution in [0.5, 0.6) is 0 Å². The monoisotopic (exact) mass is 360 g/mol. The lowest BCUT2D eigenvalue weighted by atomic mass is 10.2. The maximum Gasteiger partial charge on any atom is 0.356 e. The Kier molecular flexibility index (Phi) is 6.53. The Bertz CT molecular complexity index is 721. The summed E-state index contributed by atoms with van der Waals surface area (Å²) in [6.07, 6.45) is -0.229. The Labute approximate surface area is 133 Å². The second-order valence-corrected chi connectivity index (χ2v) is 7.95. The molecule has 0 unspecified atom stereocenters. The van der Waals surface area contributed by atoms with E-state index >= 15 is 0 Å². The van der Waals surface area contributed by atoms with Crippen molar-refractivity contribution in [1.82, 2.24) is 0 Å². The number of benzene rings is 2. The highest BCUT2D eigenvalue weighted by Gasteiger charge is 2.15. The number of nitrogen functional groups attached to an aromatic ring is 2. The summed E-state index contributed by atoms with van der Waals surface area (Å²) in [4.78, 5) is 34.5. The molecule has 0 aromatic heterocycles. The zero-order valence-electron chi connectivity index (χ0n) is 12.0. The SMILES string of the molecule is Nc1ccc(CP(=O)(O)O)cc1.Nc1ccc(P(=O)(O)O)cc1. The quantitative estimate of drug-likeness (QED) is 0.348. The maximum absolute atomic E-state index is 10.6. The molecule has 0 spiro atoms. The first-order valence-corrected chi connectivity index (χ1v) is 9.69. The Morgan fingerprint density at radius 3 is 1.48 bits per heavy atom. The van der Waals surface area contributed by atoms with Crippen LogP contribution in [0.25, 0.3) is 0 Å². The molecule has 8 nitrogen and oxygen atoms in total. The average molecular weight is 360 g/mol. The fourth-order valence-corrected chi connectivity index (χ4v) is 2.75. The molecule has 0 amide bonds. The predicted molar refractivity (Wildman–Crippen MR) is 89.1 cm³/mol. The van der Waals surface area contributed by atoms with Gasteiger partial charge < -0.3 is 31.0 Å². The third-order valence-electron chi connectivity index (χ3n) is 2.60. The summed E-state index contributed by atoms with van der Waals surface area (Å²) in [5, 5.41) is -0.00769. The summed E-state index contributed by atoms with van der Waals surface area (Å²) in [5.41, 5.74) is 12.4. The molecule has 0 radical (unpaired) electrons. The minimum absolute atomic E-state index is 0.00769. The van der Waals surface area contributed by atoms with E-state index in [1.54, 1.807) is 24.3 Å². The van der Waals surface area contributed by atoms with Crippen LogP contribution in [0.2, 0.25) is 0 Å². The molecule has 2 rings (SSSR count). The Hall–Kier alpha value is -1.66. The van der Waals surface area contributed by atoms with Crippen molar-refractivity contribution in [2.24, 2.45) is 0 Å². The van der Waals surface area contributed by atoms with Crippen molar-refractivity contribution >= 4 is 31.9 Å². The van der Waals surface area contributed by atoms with Gasteiger partial charge in [-0.2, -0.15) is 0 Å². The van der Waals surface area contributed by atoms with Crippen molar-refractivity contribution in [1.29, 1.82) is 0 Å². The molecule has 10 heteroatoms. The van der Waals surface area contributed by atoms with Gasteiger partial charge in [-0.3, -0.25) is 9.13 Å². The van der Waals surface area contributed by atoms with Gasteiger partial charge in [-0.25, -0.2) is 0 Å². The Morgan fingerprint density at radius 1 is 0.739 bits per heavy atom. The zero-order chi connectivity index (χ0) is 17.7. The van der Waals surface area contributed by atoms with E-state index in [9.17, 15) is 9.13 Å². The van der Waals surface area contributed by atoms with Crippen LogP contribution < -0.4 is 16.8 Å². The number of rotatable bonds is 3. The lowest BCUT2D eigenvalue weighted by Crippen LogP contribution is -2.02. The number of hydrogen-bond donors (Lipinski definition) is 6. The fraction of sp³-hybridized carbons (Fsp3) is 0.0769. The van der Waals surface area contributed by atoms with Gasteiger partial charge in [0.05, 0.1) is 11.5 Å². The van der Waals surface area contributed by atoms with Gasteiger partial charge in [-0.1, -0.05) is 12.1 Å². The summed E-state index contributed by atoms with van der Waals surface area (Å²) in [5.74, 6) is 0. The highest BCUT2D eigenvalue weighted by atomic mass is 31.2. The molecule has 0 bridgehead atoms. The van der Waals surface area contributed by atoms with Crippen LogP contribution in [-0.4, -0.2) is 19.6 Å². The van der Waals surface area contributed by atoms with E-state index in [0.29, 0.717) is 16.9 Å². The molecule has 2 aromatic carbocycles. The van der Waals surface area contributed by atoms with Crippen molar-refractivity contribution in [2.45, 2.75) is 6.16 Å². The Balaban J connectivity index is 0.000000231. The van der Waals surface area contributed by atoms with Gasteiger partial charge in [0, 0.05) is 11.4 Å². The first-order valence-electron chi connectivity index (χ1n) is 6.28. The number of anilines is 2. The first kappa shape index (κ1) is 19.4. The van der Waals surface area contributed by atoms with Crippen LogP contribution in [0.1, 0.15) is 5.56 Å². The largest absolute Gasteiger partial charge is 0.399 e. The van der Waals surface area contributed by atoms with E-state index in [4.69, 9.17) is 31.0 Å². The third kappa shape index (κ3) is 7.95. The van der Waals surface area contributed by atoms with E-state index in [1.807, 2.05) is 0 Å². The van der Waals surface area contributed by atoms with Crippen LogP contribution in [0.15, 0.2) is 48.5 Å². The van der Waals surface area contributed by atoms with Gasteiger partial charge in [-0.05, 0) is 42.0 Å². The molecule has 23 heavy (non-hydrogen) atoms. The van der Waals surface area contributed by atoms with Crippen LogP contribution in [0.4, 0.5) is 11.4 Å². The topological polar surface area (TPSA) is 167 Å². The summed E-state index contributed by atoms with van der Waals surface area (Å²) < 4.78 is 21.1. The average Bonchev–Trinajstić information content (AvgIpc) is 2.40. The molecular weight excluding hydrogens is 342 g/mol. The summed E-state index contributed by atoms with van der Waals surface area (Å²) in [6.45, 7) is 0. The molecule has 0 saturated heterocycles. The van der Waals surface area contributed by atoms with Crippen molar-refractivity contribution in [2.75, 3.05) is 11.5 Å². The predicted octanol–water partition coefficient (Wildman–Crippen LogP) is 1.02. The van der Waals surface area contributed by atoms with Gasteiger partial charge in [0.25, 0.3) is 0 Å².